The van der Waals surface area contributed by atoms with E-state index in [4.69, 9.17) is 10.2 Å². The second kappa shape index (κ2) is 8.97. The predicted octanol–water partition coefficient (Wildman–Crippen LogP) is 2.84. The van der Waals surface area contributed by atoms with Crippen molar-refractivity contribution in [3.63, 3.8) is 0 Å². The number of furan rings is 1. The van der Waals surface area contributed by atoms with E-state index in [0.717, 1.165) is 12.1 Å². The highest BCUT2D eigenvalue weighted by Crippen LogP contribution is 2.28. The van der Waals surface area contributed by atoms with Gasteiger partial charge in [-0.1, -0.05) is 0 Å². The molecule has 1 heterocycles. The van der Waals surface area contributed by atoms with E-state index in [1.54, 1.807) is 6.92 Å². The molecule has 0 aliphatic heterocycles. The minimum absolute atomic E-state index is 0. The summed E-state index contributed by atoms with van der Waals surface area (Å²) in [5.74, 6) is -3.75. The molecule has 0 aliphatic carbocycles. The minimum atomic E-state index is -4.78. The van der Waals surface area contributed by atoms with Gasteiger partial charge in [0.25, 0.3) is 5.91 Å². The van der Waals surface area contributed by atoms with Gasteiger partial charge in [0.1, 0.15) is 12.0 Å². The minimum Gasteiger partial charge on any atom is -0.467 e. The van der Waals surface area contributed by atoms with Crippen molar-refractivity contribution >= 4 is 39.5 Å². The third-order valence-electron chi connectivity index (χ3n) is 3.29. The maximum Gasteiger partial charge on any atom is 0.341 e. The summed E-state index contributed by atoms with van der Waals surface area (Å²) in [6, 6.07) is 4.79. The van der Waals surface area contributed by atoms with Crippen LogP contribution in [0.5, 0.6) is 0 Å². The summed E-state index contributed by atoms with van der Waals surface area (Å²) in [7, 11) is -4.78. The fraction of sp³-hybridized carbons (Fsp3) is 0.267. The van der Waals surface area contributed by atoms with Gasteiger partial charge in [-0.15, -0.1) is 12.4 Å². The van der Waals surface area contributed by atoms with Gasteiger partial charge in [-0.05, 0) is 31.2 Å². The van der Waals surface area contributed by atoms with Gasteiger partial charge in [0, 0.05) is 6.54 Å². The van der Waals surface area contributed by atoms with Gasteiger partial charge in [0.2, 0.25) is 9.84 Å². The van der Waals surface area contributed by atoms with Crippen LogP contribution in [0.4, 0.5) is 20.2 Å². The first-order chi connectivity index (χ1) is 11.8. The number of carbonyl (C=O) groups is 1. The average Bonchev–Trinajstić information content (AvgIpc) is 3.05. The number of nitrogens with two attached hydrogens (primary N) is 1. The number of anilines is 2. The SMILES string of the molecule is CCNc1ccc(S(=O)(=O)C(F)F)cc1NC(=O)c1coc(CN)c1.Cl. The second-order valence-electron chi connectivity index (χ2n) is 5.00. The summed E-state index contributed by atoms with van der Waals surface area (Å²) in [5.41, 5.74) is 6.03. The van der Waals surface area contributed by atoms with Crippen molar-refractivity contribution in [1.29, 1.82) is 0 Å². The normalized spacial score (nSPS) is 11.1. The molecule has 0 radical (unpaired) electrons. The monoisotopic (exact) mass is 409 g/mol. The number of amides is 1. The molecule has 0 saturated carbocycles. The van der Waals surface area contributed by atoms with Gasteiger partial charge < -0.3 is 20.8 Å². The van der Waals surface area contributed by atoms with E-state index in [9.17, 15) is 22.0 Å². The molecular formula is C15H18ClF2N3O4S. The van der Waals surface area contributed by atoms with Crippen LogP contribution in [0.3, 0.4) is 0 Å². The molecule has 11 heteroatoms. The summed E-state index contributed by atoms with van der Waals surface area (Å²) in [5, 5.41) is 5.41. The van der Waals surface area contributed by atoms with Crippen LogP contribution in [-0.2, 0) is 16.4 Å². The number of hydrogen-bond acceptors (Lipinski definition) is 6. The Kier molecular flexibility index (Phi) is 7.54. The number of hydrogen-bond donors (Lipinski definition) is 3. The van der Waals surface area contributed by atoms with E-state index in [0.29, 0.717) is 18.0 Å². The van der Waals surface area contributed by atoms with Gasteiger partial charge >= 0.3 is 5.76 Å². The standard InChI is InChI=1S/C15H17F2N3O4S.ClH/c1-2-19-12-4-3-11(25(22,23)15(16)17)6-13(12)20-14(21)9-5-10(7-18)24-8-9;/h3-6,8,15,19H,2,7,18H2,1H3,(H,20,21);1H. The van der Waals surface area contributed by atoms with Crippen LogP contribution in [0.15, 0.2) is 39.8 Å². The Balaban J connectivity index is 0.00000338. The van der Waals surface area contributed by atoms with Gasteiger partial charge in [0.05, 0.1) is 28.4 Å². The maximum absolute atomic E-state index is 12.7. The number of sulfone groups is 1. The molecule has 4 N–H and O–H groups in total. The lowest BCUT2D eigenvalue weighted by atomic mass is 10.2. The Labute approximate surface area is 155 Å². The molecule has 7 nitrogen and oxygen atoms in total. The van der Waals surface area contributed by atoms with Gasteiger partial charge in [-0.3, -0.25) is 4.79 Å². The second-order valence-corrected chi connectivity index (χ2v) is 6.92. The largest absolute Gasteiger partial charge is 0.467 e. The summed E-state index contributed by atoms with van der Waals surface area (Å²) >= 11 is 0. The van der Waals surface area contributed by atoms with Gasteiger partial charge in [0.15, 0.2) is 0 Å². The van der Waals surface area contributed by atoms with Crippen molar-refractivity contribution in [3.05, 3.63) is 41.9 Å². The van der Waals surface area contributed by atoms with Crippen LogP contribution >= 0.6 is 12.4 Å². The first-order valence-electron chi connectivity index (χ1n) is 7.28. The number of alkyl halides is 2. The lowest BCUT2D eigenvalue weighted by molar-refractivity contribution is 0.102. The molecular weight excluding hydrogens is 392 g/mol. The van der Waals surface area contributed by atoms with Crippen molar-refractivity contribution < 1.29 is 26.4 Å². The highest BCUT2D eigenvalue weighted by molar-refractivity contribution is 7.91. The highest BCUT2D eigenvalue weighted by Gasteiger charge is 2.27. The molecule has 0 saturated heterocycles. The van der Waals surface area contributed by atoms with Crippen LogP contribution in [-0.4, -0.2) is 26.6 Å². The summed E-state index contributed by atoms with van der Waals surface area (Å²) in [6.45, 7) is 2.38. The van der Waals surface area contributed by atoms with Crippen LogP contribution in [0.25, 0.3) is 0 Å². The van der Waals surface area contributed by atoms with Crippen LogP contribution in [0.2, 0.25) is 0 Å². The molecule has 144 valence electrons. The lowest BCUT2D eigenvalue weighted by Gasteiger charge is -2.13. The highest BCUT2D eigenvalue weighted by atomic mass is 35.5. The Morgan fingerprint density at radius 2 is 1.96 bits per heavy atom. The van der Waals surface area contributed by atoms with Crippen LogP contribution in [0, 0.1) is 0 Å². The zero-order valence-corrected chi connectivity index (χ0v) is 15.3. The molecule has 0 spiro atoms. The van der Waals surface area contributed by atoms with E-state index in [1.807, 2.05) is 0 Å². The Morgan fingerprint density at radius 1 is 1.27 bits per heavy atom. The number of carbonyl (C=O) groups excluding carboxylic acids is 1. The smallest absolute Gasteiger partial charge is 0.341 e. The Morgan fingerprint density at radius 3 is 2.50 bits per heavy atom. The fourth-order valence-corrected chi connectivity index (χ4v) is 2.80. The van der Waals surface area contributed by atoms with E-state index < -0.39 is 26.4 Å². The molecule has 1 aromatic carbocycles. The van der Waals surface area contributed by atoms with E-state index in [-0.39, 0.29) is 30.2 Å². The molecule has 26 heavy (non-hydrogen) atoms. The zero-order chi connectivity index (χ0) is 18.6. The first kappa shape index (κ1) is 21.9. The van der Waals surface area contributed by atoms with Crippen LogP contribution < -0.4 is 16.4 Å². The molecule has 1 aromatic heterocycles. The van der Waals surface area contributed by atoms with Gasteiger partial charge in [-0.2, -0.15) is 8.78 Å². The van der Waals surface area contributed by atoms with Crippen LogP contribution in [0.1, 0.15) is 23.0 Å². The molecule has 1 amide bonds. The third kappa shape index (κ3) is 4.71. The number of rotatable bonds is 7. The quantitative estimate of drug-likeness (QED) is 0.647. The van der Waals surface area contributed by atoms with E-state index >= 15 is 0 Å². The molecule has 2 aromatic rings. The number of benzene rings is 1. The average molecular weight is 410 g/mol. The van der Waals surface area contributed by atoms with Crippen molar-refractivity contribution in [1.82, 2.24) is 0 Å². The predicted molar refractivity (Wildman–Crippen MR) is 95.6 cm³/mol. The third-order valence-corrected chi connectivity index (χ3v) is 4.67. The molecule has 0 fully saturated rings. The lowest BCUT2D eigenvalue weighted by Crippen LogP contribution is -2.15. The van der Waals surface area contributed by atoms with Crippen molar-refractivity contribution in [2.45, 2.75) is 24.1 Å². The topological polar surface area (TPSA) is 114 Å². The zero-order valence-electron chi connectivity index (χ0n) is 13.7. The molecule has 0 unspecified atom stereocenters. The molecule has 2 rings (SSSR count). The Hall–Kier alpha value is -2.17. The van der Waals surface area contributed by atoms with Crippen molar-refractivity contribution in [2.75, 3.05) is 17.2 Å². The number of halogens is 3. The molecule has 0 aliphatic rings. The number of nitrogens with one attached hydrogen (secondary N) is 2. The Bertz CT molecular complexity index is 872. The molecule has 0 atom stereocenters. The first-order valence-corrected chi connectivity index (χ1v) is 8.83. The van der Waals surface area contributed by atoms with Crippen molar-refractivity contribution in [3.8, 4) is 0 Å². The maximum atomic E-state index is 12.7. The summed E-state index contributed by atoms with van der Waals surface area (Å²) < 4.78 is 53.8. The summed E-state index contributed by atoms with van der Waals surface area (Å²) in [6.07, 6.45) is 1.20. The fourth-order valence-electron chi connectivity index (χ4n) is 2.05. The summed E-state index contributed by atoms with van der Waals surface area (Å²) in [4.78, 5) is 11.7. The van der Waals surface area contributed by atoms with Crippen molar-refractivity contribution in [2.24, 2.45) is 5.73 Å². The van der Waals surface area contributed by atoms with Gasteiger partial charge in [-0.25, -0.2) is 8.42 Å². The molecule has 0 bridgehead atoms. The van der Waals surface area contributed by atoms with E-state index in [1.165, 1.54) is 18.4 Å². The van der Waals surface area contributed by atoms with E-state index in [2.05, 4.69) is 10.6 Å².